The van der Waals surface area contributed by atoms with E-state index in [-0.39, 0.29) is 5.41 Å². The number of pyridine rings is 1. The normalized spacial score (nSPS) is 25.4. The zero-order chi connectivity index (χ0) is 17.4. The van der Waals surface area contributed by atoms with Crippen LogP contribution in [0.5, 0.6) is 0 Å². The van der Waals surface area contributed by atoms with E-state index in [1.165, 1.54) is 0 Å². The Morgan fingerprint density at radius 3 is 2.96 bits per heavy atom. The van der Waals surface area contributed by atoms with Gasteiger partial charge in [-0.3, -0.25) is 4.98 Å². The highest BCUT2D eigenvalue weighted by Crippen LogP contribution is 2.42. The molecule has 2 aliphatic heterocycles. The van der Waals surface area contributed by atoms with Crippen molar-refractivity contribution >= 4 is 5.95 Å². The van der Waals surface area contributed by atoms with Crippen LogP contribution in [-0.4, -0.2) is 55.0 Å². The molecule has 0 radical (unpaired) electrons. The zero-order valence-electron chi connectivity index (χ0n) is 15.0. The van der Waals surface area contributed by atoms with Crippen LogP contribution in [0.25, 0.3) is 11.3 Å². The summed E-state index contributed by atoms with van der Waals surface area (Å²) in [4.78, 5) is 16.2. The van der Waals surface area contributed by atoms with Crippen molar-refractivity contribution in [3.05, 3.63) is 35.8 Å². The average molecular weight is 340 g/mol. The van der Waals surface area contributed by atoms with Gasteiger partial charge >= 0.3 is 0 Å². The summed E-state index contributed by atoms with van der Waals surface area (Å²) in [6, 6.07) is 6.06. The molecule has 132 valence electrons. The Balaban J connectivity index is 1.62. The molecule has 0 spiro atoms. The predicted molar refractivity (Wildman–Crippen MR) is 95.6 cm³/mol. The summed E-state index contributed by atoms with van der Waals surface area (Å²) < 4.78 is 11.2. The maximum atomic E-state index is 5.72. The van der Waals surface area contributed by atoms with Crippen molar-refractivity contribution in [3.63, 3.8) is 0 Å². The highest BCUT2D eigenvalue weighted by atomic mass is 16.5. The molecule has 2 aliphatic rings. The summed E-state index contributed by atoms with van der Waals surface area (Å²) in [7, 11) is 1.76. The minimum atomic E-state index is 0.0649. The third kappa shape index (κ3) is 2.89. The Morgan fingerprint density at radius 1 is 1.28 bits per heavy atom. The molecule has 0 aliphatic carbocycles. The molecule has 0 aromatic carbocycles. The Hall–Kier alpha value is -2.05. The second-order valence-corrected chi connectivity index (χ2v) is 7.22. The number of aryl methyl sites for hydroxylation is 2. The number of methoxy groups -OCH3 is 1. The van der Waals surface area contributed by atoms with Gasteiger partial charge in [-0.15, -0.1) is 0 Å². The summed E-state index contributed by atoms with van der Waals surface area (Å²) >= 11 is 0. The molecule has 25 heavy (non-hydrogen) atoms. The minimum Gasteiger partial charge on any atom is -0.384 e. The lowest BCUT2D eigenvalue weighted by Gasteiger charge is -2.26. The van der Waals surface area contributed by atoms with Crippen LogP contribution in [0.4, 0.5) is 5.95 Å². The van der Waals surface area contributed by atoms with Gasteiger partial charge in [-0.25, -0.2) is 9.97 Å². The molecule has 4 heterocycles. The monoisotopic (exact) mass is 340 g/mol. The van der Waals surface area contributed by atoms with E-state index in [1.54, 1.807) is 7.11 Å². The van der Waals surface area contributed by atoms with Crippen LogP contribution in [0.15, 0.2) is 24.4 Å². The van der Waals surface area contributed by atoms with E-state index < -0.39 is 0 Å². The topological polar surface area (TPSA) is 60.4 Å². The molecule has 6 nitrogen and oxygen atoms in total. The lowest BCUT2D eigenvalue weighted by molar-refractivity contribution is 0.0660. The van der Waals surface area contributed by atoms with E-state index in [1.807, 2.05) is 32.2 Å². The van der Waals surface area contributed by atoms with Crippen molar-refractivity contribution < 1.29 is 9.47 Å². The Bertz CT molecular complexity index is 782. The number of aromatic nitrogens is 3. The highest BCUT2D eigenvalue weighted by molar-refractivity contribution is 5.62. The molecular weight excluding hydrogens is 316 g/mol. The smallest absolute Gasteiger partial charge is 0.225 e. The van der Waals surface area contributed by atoms with Crippen LogP contribution >= 0.6 is 0 Å². The molecule has 2 aromatic heterocycles. The van der Waals surface area contributed by atoms with Gasteiger partial charge in [-0.05, 0) is 32.0 Å². The first-order chi connectivity index (χ1) is 12.1. The van der Waals surface area contributed by atoms with Gasteiger partial charge in [0.25, 0.3) is 0 Å². The summed E-state index contributed by atoms with van der Waals surface area (Å²) in [6.07, 6.45) is 1.84. The molecule has 4 rings (SSSR count). The summed E-state index contributed by atoms with van der Waals surface area (Å²) in [6.45, 7) is 8.08. The van der Waals surface area contributed by atoms with E-state index in [2.05, 4.69) is 20.9 Å². The number of fused-ring (bicyclic) bond motifs is 1. The van der Waals surface area contributed by atoms with E-state index in [0.29, 0.717) is 5.92 Å². The van der Waals surface area contributed by atoms with Crippen LogP contribution in [0.3, 0.4) is 0 Å². The van der Waals surface area contributed by atoms with Gasteiger partial charge in [0.05, 0.1) is 25.5 Å². The Labute approximate surface area is 148 Å². The molecule has 0 saturated carbocycles. The third-order valence-electron chi connectivity index (χ3n) is 5.38. The SMILES string of the molecule is COC[C@@]12COC[C@@H]1CN(c1nccc(-c3ccc(C)nc3C)n1)C2. The largest absolute Gasteiger partial charge is 0.384 e. The maximum absolute atomic E-state index is 5.72. The van der Waals surface area contributed by atoms with Crippen LogP contribution < -0.4 is 4.90 Å². The van der Waals surface area contributed by atoms with E-state index in [4.69, 9.17) is 14.5 Å². The fourth-order valence-electron chi connectivity index (χ4n) is 4.08. The van der Waals surface area contributed by atoms with Gasteiger partial charge in [0.2, 0.25) is 5.95 Å². The molecule has 0 amide bonds. The second kappa shape index (κ2) is 6.35. The standard InChI is InChI=1S/C19H24N4O2/c1-13-4-5-16(14(2)21-13)17-6-7-20-18(22-17)23-8-15-9-25-12-19(15,10-23)11-24-3/h4-7,15H,8-12H2,1-3H3/t15-,19-/m0/s1. The molecule has 0 unspecified atom stereocenters. The second-order valence-electron chi connectivity index (χ2n) is 7.22. The first-order valence-corrected chi connectivity index (χ1v) is 8.71. The van der Waals surface area contributed by atoms with Crippen LogP contribution in [0, 0.1) is 25.2 Å². The highest BCUT2D eigenvalue weighted by Gasteiger charge is 2.51. The molecule has 6 heteroatoms. The van der Waals surface area contributed by atoms with Crippen LogP contribution in [-0.2, 0) is 9.47 Å². The molecule has 2 atom stereocenters. The predicted octanol–water partition coefficient (Wildman–Crippen LogP) is 2.25. The van der Waals surface area contributed by atoms with Gasteiger partial charge < -0.3 is 14.4 Å². The van der Waals surface area contributed by atoms with Crippen LogP contribution in [0.2, 0.25) is 0 Å². The molecule has 2 aromatic rings. The lowest BCUT2D eigenvalue weighted by atomic mass is 9.82. The Morgan fingerprint density at radius 2 is 2.16 bits per heavy atom. The number of hydrogen-bond donors (Lipinski definition) is 0. The third-order valence-corrected chi connectivity index (χ3v) is 5.38. The molecule has 2 fully saturated rings. The summed E-state index contributed by atoms with van der Waals surface area (Å²) in [5, 5.41) is 0. The zero-order valence-corrected chi connectivity index (χ0v) is 15.0. The van der Waals surface area contributed by atoms with Crippen molar-refractivity contribution in [3.8, 4) is 11.3 Å². The molecule has 2 saturated heterocycles. The van der Waals surface area contributed by atoms with Crippen molar-refractivity contribution in [2.45, 2.75) is 13.8 Å². The van der Waals surface area contributed by atoms with Crippen molar-refractivity contribution in [2.75, 3.05) is 44.9 Å². The van der Waals surface area contributed by atoms with E-state index in [0.717, 1.165) is 61.5 Å². The number of hydrogen-bond acceptors (Lipinski definition) is 6. The van der Waals surface area contributed by atoms with Gasteiger partial charge in [0.15, 0.2) is 0 Å². The molecule has 0 bridgehead atoms. The van der Waals surface area contributed by atoms with Gasteiger partial charge in [0, 0.05) is 54.7 Å². The first kappa shape index (κ1) is 16.4. The van der Waals surface area contributed by atoms with Crippen molar-refractivity contribution in [1.29, 1.82) is 0 Å². The number of ether oxygens (including phenoxy) is 2. The molecule has 0 N–H and O–H groups in total. The Kier molecular flexibility index (Phi) is 4.17. The van der Waals surface area contributed by atoms with Crippen molar-refractivity contribution in [1.82, 2.24) is 15.0 Å². The van der Waals surface area contributed by atoms with Gasteiger partial charge in [0.1, 0.15) is 0 Å². The van der Waals surface area contributed by atoms with E-state index >= 15 is 0 Å². The van der Waals surface area contributed by atoms with E-state index in [9.17, 15) is 0 Å². The minimum absolute atomic E-state index is 0.0649. The van der Waals surface area contributed by atoms with Gasteiger partial charge in [-0.1, -0.05) is 0 Å². The fraction of sp³-hybridized carbons (Fsp3) is 0.526. The first-order valence-electron chi connectivity index (χ1n) is 8.71. The average Bonchev–Trinajstić information content (AvgIpc) is 3.12. The van der Waals surface area contributed by atoms with Crippen LogP contribution in [0.1, 0.15) is 11.4 Å². The van der Waals surface area contributed by atoms with Gasteiger partial charge in [-0.2, -0.15) is 0 Å². The number of nitrogens with zero attached hydrogens (tertiary/aromatic N) is 4. The quantitative estimate of drug-likeness (QED) is 0.851. The molecular formula is C19H24N4O2. The fourth-order valence-corrected chi connectivity index (χ4v) is 4.08. The van der Waals surface area contributed by atoms with Crippen molar-refractivity contribution in [2.24, 2.45) is 11.3 Å². The summed E-state index contributed by atoms with van der Waals surface area (Å²) in [5.74, 6) is 1.25. The summed E-state index contributed by atoms with van der Waals surface area (Å²) in [5.41, 5.74) is 4.06. The lowest BCUT2D eigenvalue weighted by Crippen LogP contribution is -2.35. The number of anilines is 1. The number of rotatable bonds is 4. The maximum Gasteiger partial charge on any atom is 0.225 e.